The van der Waals surface area contributed by atoms with Crippen LogP contribution in [-0.4, -0.2) is 29.1 Å². The lowest BCUT2D eigenvalue weighted by atomic mass is 10.2. The van der Waals surface area contributed by atoms with Gasteiger partial charge in [-0.1, -0.05) is 17.7 Å². The molecule has 1 heterocycles. The van der Waals surface area contributed by atoms with Crippen molar-refractivity contribution in [1.82, 2.24) is 4.98 Å². The van der Waals surface area contributed by atoms with Gasteiger partial charge < -0.3 is 15.7 Å². The molecule has 21 heavy (non-hydrogen) atoms. The fourth-order valence-corrected chi connectivity index (χ4v) is 1.89. The van der Waals surface area contributed by atoms with Crippen molar-refractivity contribution in [3.8, 4) is 0 Å². The third kappa shape index (κ3) is 4.73. The molecule has 1 aromatic heterocycles. The Bertz CT molecular complexity index is 602. The number of hydrogen-bond acceptors (Lipinski definition) is 4. The summed E-state index contributed by atoms with van der Waals surface area (Å²) >= 11 is 5.85. The van der Waals surface area contributed by atoms with Gasteiger partial charge in [-0.25, -0.2) is 4.98 Å². The molecule has 0 radical (unpaired) electrons. The number of nitrogens with one attached hydrogen (secondary N) is 2. The van der Waals surface area contributed by atoms with E-state index in [9.17, 15) is 4.79 Å². The number of aliphatic hydroxyl groups excluding tert-OH is 1. The van der Waals surface area contributed by atoms with E-state index in [1.165, 1.54) is 0 Å². The number of halogens is 1. The molecule has 1 aromatic carbocycles. The monoisotopic (exact) mass is 305 g/mol. The Balaban J connectivity index is 1.95. The number of rotatable bonds is 6. The molecule has 1 amide bonds. The summed E-state index contributed by atoms with van der Waals surface area (Å²) in [5.41, 5.74) is 1.10. The number of hydrogen-bond donors (Lipinski definition) is 3. The Hall–Kier alpha value is -2.11. The zero-order chi connectivity index (χ0) is 15.1. The van der Waals surface area contributed by atoms with Gasteiger partial charge in [-0.2, -0.15) is 0 Å². The number of pyridine rings is 1. The van der Waals surface area contributed by atoms with E-state index in [1.54, 1.807) is 42.6 Å². The number of benzene rings is 1. The van der Waals surface area contributed by atoms with E-state index in [0.717, 1.165) is 0 Å². The maximum absolute atomic E-state index is 12.0. The number of amides is 1. The van der Waals surface area contributed by atoms with Gasteiger partial charge in [0.05, 0.1) is 11.9 Å². The molecule has 110 valence electrons. The second-order valence-electron chi connectivity index (χ2n) is 4.40. The first kappa shape index (κ1) is 15.3. The summed E-state index contributed by atoms with van der Waals surface area (Å²) in [4.78, 5) is 16.2. The Kier molecular flexibility index (Phi) is 5.54. The minimum atomic E-state index is -0.236. The summed E-state index contributed by atoms with van der Waals surface area (Å²) in [6.45, 7) is 0.790. The minimum Gasteiger partial charge on any atom is -0.396 e. The third-order valence-corrected chi connectivity index (χ3v) is 2.98. The summed E-state index contributed by atoms with van der Waals surface area (Å²) in [7, 11) is 0. The van der Waals surface area contributed by atoms with Crippen LogP contribution in [0.1, 0.15) is 16.8 Å². The van der Waals surface area contributed by atoms with Crippen molar-refractivity contribution in [3.63, 3.8) is 0 Å². The van der Waals surface area contributed by atoms with Crippen LogP contribution in [0.25, 0.3) is 0 Å². The molecule has 0 saturated heterocycles. The van der Waals surface area contributed by atoms with Crippen LogP contribution in [0.5, 0.6) is 0 Å². The second-order valence-corrected chi connectivity index (χ2v) is 4.84. The van der Waals surface area contributed by atoms with E-state index >= 15 is 0 Å². The van der Waals surface area contributed by atoms with Gasteiger partial charge in [0.15, 0.2) is 0 Å². The highest BCUT2D eigenvalue weighted by atomic mass is 35.5. The van der Waals surface area contributed by atoms with Crippen LogP contribution in [0.3, 0.4) is 0 Å². The van der Waals surface area contributed by atoms with Gasteiger partial charge >= 0.3 is 0 Å². The van der Waals surface area contributed by atoms with E-state index in [2.05, 4.69) is 15.6 Å². The van der Waals surface area contributed by atoms with E-state index in [4.69, 9.17) is 16.7 Å². The Labute approximate surface area is 128 Å². The Morgan fingerprint density at radius 3 is 2.81 bits per heavy atom. The van der Waals surface area contributed by atoms with Crippen LogP contribution in [0.4, 0.5) is 11.5 Å². The molecule has 0 unspecified atom stereocenters. The standard InChI is InChI=1S/C15H16ClN3O2/c16-12-4-1-3-11(9-12)15(21)19-13-5-6-14(18-10-13)17-7-2-8-20/h1,3-6,9-10,20H,2,7-8H2,(H,17,18)(H,19,21). The number of anilines is 2. The third-order valence-electron chi connectivity index (χ3n) is 2.75. The summed E-state index contributed by atoms with van der Waals surface area (Å²) in [6.07, 6.45) is 2.23. The number of aromatic nitrogens is 1. The van der Waals surface area contributed by atoms with E-state index < -0.39 is 0 Å². The lowest BCUT2D eigenvalue weighted by Gasteiger charge is -2.07. The van der Waals surface area contributed by atoms with Crippen molar-refractivity contribution in [1.29, 1.82) is 0 Å². The van der Waals surface area contributed by atoms with Gasteiger partial charge in [0.1, 0.15) is 5.82 Å². The van der Waals surface area contributed by atoms with Crippen molar-refractivity contribution in [2.45, 2.75) is 6.42 Å². The van der Waals surface area contributed by atoms with Crippen LogP contribution >= 0.6 is 11.6 Å². The molecule has 0 saturated carbocycles. The zero-order valence-electron chi connectivity index (χ0n) is 11.3. The van der Waals surface area contributed by atoms with Crippen molar-refractivity contribution in [2.75, 3.05) is 23.8 Å². The van der Waals surface area contributed by atoms with Crippen LogP contribution in [0.2, 0.25) is 5.02 Å². The van der Waals surface area contributed by atoms with Crippen molar-refractivity contribution < 1.29 is 9.90 Å². The van der Waals surface area contributed by atoms with Gasteiger partial charge in [0.25, 0.3) is 5.91 Å². The fourth-order valence-electron chi connectivity index (χ4n) is 1.70. The van der Waals surface area contributed by atoms with Crippen LogP contribution in [0.15, 0.2) is 42.6 Å². The molecule has 0 fully saturated rings. The van der Waals surface area contributed by atoms with Gasteiger partial charge in [-0.15, -0.1) is 0 Å². The van der Waals surface area contributed by atoms with Gasteiger partial charge in [-0.05, 0) is 36.8 Å². The van der Waals surface area contributed by atoms with E-state index in [0.29, 0.717) is 35.1 Å². The lowest BCUT2D eigenvalue weighted by molar-refractivity contribution is 0.102. The predicted molar refractivity (Wildman–Crippen MR) is 83.8 cm³/mol. The molecule has 0 aliphatic heterocycles. The fraction of sp³-hybridized carbons (Fsp3) is 0.200. The largest absolute Gasteiger partial charge is 0.396 e. The Morgan fingerprint density at radius 1 is 1.29 bits per heavy atom. The first-order chi connectivity index (χ1) is 10.2. The van der Waals surface area contributed by atoms with E-state index in [-0.39, 0.29) is 12.5 Å². The van der Waals surface area contributed by atoms with Crippen molar-refractivity contribution in [3.05, 3.63) is 53.2 Å². The number of carbonyl (C=O) groups excluding carboxylic acids is 1. The quantitative estimate of drug-likeness (QED) is 0.717. The number of nitrogens with zero attached hydrogens (tertiary/aromatic N) is 1. The summed E-state index contributed by atoms with van der Waals surface area (Å²) in [5.74, 6) is 0.462. The normalized spacial score (nSPS) is 10.2. The van der Waals surface area contributed by atoms with Crippen molar-refractivity contribution >= 4 is 29.0 Å². The lowest BCUT2D eigenvalue weighted by Crippen LogP contribution is -2.12. The van der Waals surface area contributed by atoms with E-state index in [1.807, 2.05) is 0 Å². The molecule has 5 nitrogen and oxygen atoms in total. The molecule has 0 spiro atoms. The van der Waals surface area contributed by atoms with Crippen LogP contribution in [-0.2, 0) is 0 Å². The number of carbonyl (C=O) groups is 1. The predicted octanol–water partition coefficient (Wildman–Crippen LogP) is 2.78. The highest BCUT2D eigenvalue weighted by Gasteiger charge is 2.06. The maximum atomic E-state index is 12.0. The molecule has 6 heteroatoms. The molecule has 3 N–H and O–H groups in total. The summed E-state index contributed by atoms with van der Waals surface area (Å²) in [6, 6.07) is 10.3. The molecule has 0 aliphatic carbocycles. The highest BCUT2D eigenvalue weighted by molar-refractivity contribution is 6.31. The second kappa shape index (κ2) is 7.61. The molecule has 2 aromatic rings. The van der Waals surface area contributed by atoms with Crippen molar-refractivity contribution in [2.24, 2.45) is 0 Å². The van der Waals surface area contributed by atoms with Crippen LogP contribution in [0, 0.1) is 0 Å². The molecule has 0 aliphatic rings. The highest BCUT2D eigenvalue weighted by Crippen LogP contribution is 2.14. The molecule has 0 bridgehead atoms. The average Bonchev–Trinajstić information content (AvgIpc) is 2.49. The average molecular weight is 306 g/mol. The first-order valence-electron chi connectivity index (χ1n) is 6.57. The first-order valence-corrected chi connectivity index (χ1v) is 6.94. The summed E-state index contributed by atoms with van der Waals surface area (Å²) in [5, 5.41) is 15.0. The topological polar surface area (TPSA) is 74.2 Å². The van der Waals surface area contributed by atoms with Gasteiger partial charge in [0, 0.05) is 23.7 Å². The maximum Gasteiger partial charge on any atom is 0.255 e. The van der Waals surface area contributed by atoms with Gasteiger partial charge in [0.2, 0.25) is 0 Å². The molecule has 2 rings (SSSR count). The SMILES string of the molecule is O=C(Nc1ccc(NCCCO)nc1)c1cccc(Cl)c1. The Morgan fingerprint density at radius 2 is 2.14 bits per heavy atom. The zero-order valence-corrected chi connectivity index (χ0v) is 12.1. The number of aliphatic hydroxyl groups is 1. The molecular weight excluding hydrogens is 290 g/mol. The van der Waals surface area contributed by atoms with Gasteiger partial charge in [-0.3, -0.25) is 4.79 Å². The van der Waals surface area contributed by atoms with Crippen LogP contribution < -0.4 is 10.6 Å². The minimum absolute atomic E-state index is 0.140. The smallest absolute Gasteiger partial charge is 0.255 e. The molecular formula is C15H16ClN3O2. The molecule has 0 atom stereocenters. The summed E-state index contributed by atoms with van der Waals surface area (Å²) < 4.78 is 0.